The number of aromatic nitrogens is 3. The van der Waals surface area contributed by atoms with Gasteiger partial charge >= 0.3 is 0 Å². The normalized spacial score (nSPS) is 12.9. The predicted molar refractivity (Wildman–Crippen MR) is 113 cm³/mol. The van der Waals surface area contributed by atoms with E-state index in [1.807, 2.05) is 42.6 Å². The van der Waals surface area contributed by atoms with E-state index >= 15 is 0 Å². The summed E-state index contributed by atoms with van der Waals surface area (Å²) < 4.78 is 7.26. The van der Waals surface area contributed by atoms with Crippen LogP contribution >= 0.6 is 12.6 Å². The molecule has 0 aliphatic heterocycles. The van der Waals surface area contributed by atoms with Crippen molar-refractivity contribution in [2.45, 2.75) is 43.8 Å². The third kappa shape index (κ3) is 5.13. The minimum atomic E-state index is -0.840. The third-order valence-electron chi connectivity index (χ3n) is 4.38. The lowest BCUT2D eigenvalue weighted by atomic mass is 9.98. The third-order valence-corrected chi connectivity index (χ3v) is 4.76. The molecular weight excluding hydrogens is 372 g/mol. The highest BCUT2D eigenvalue weighted by atomic mass is 32.1. The van der Waals surface area contributed by atoms with Gasteiger partial charge in [0.15, 0.2) is 5.82 Å². The number of benzene rings is 1. The van der Waals surface area contributed by atoms with Gasteiger partial charge in [-0.2, -0.15) is 5.10 Å². The van der Waals surface area contributed by atoms with Gasteiger partial charge in [0.05, 0.1) is 24.5 Å². The van der Waals surface area contributed by atoms with Crippen LogP contribution in [0.25, 0.3) is 5.82 Å². The molecule has 3 aromatic rings. The monoisotopic (exact) mass is 398 g/mol. The Bertz CT molecular complexity index is 932. The summed E-state index contributed by atoms with van der Waals surface area (Å²) in [6.45, 7) is 6.20. The second-order valence-corrected chi connectivity index (χ2v) is 8.04. The molecule has 0 spiro atoms. The first-order valence-electron chi connectivity index (χ1n) is 9.12. The highest BCUT2D eigenvalue weighted by Gasteiger charge is 2.14. The van der Waals surface area contributed by atoms with Crippen LogP contribution in [0.2, 0.25) is 0 Å². The molecular formula is C21H26N4O2S. The van der Waals surface area contributed by atoms with Gasteiger partial charge in [0.2, 0.25) is 0 Å². The highest BCUT2D eigenvalue weighted by Crippen LogP contribution is 2.27. The molecule has 0 aliphatic carbocycles. The smallest absolute Gasteiger partial charge is 0.153 e. The van der Waals surface area contributed by atoms with E-state index in [4.69, 9.17) is 10.5 Å². The number of hydrogen-bond acceptors (Lipinski definition) is 6. The van der Waals surface area contributed by atoms with Gasteiger partial charge in [-0.05, 0) is 49.2 Å². The molecule has 2 aromatic heterocycles. The molecule has 3 rings (SSSR count). The standard InChI is InChI=1S/C21H26N4O2S/c1-14(16-5-6-17(22)19(28)10-16)18-8-9-25(24-18)20-7-4-15(11-23-20)12-27-13-21(2,3)26/h4-11,14,26,28H,12-13,22H2,1-3H3. The number of nitrogens with zero attached hydrogens (tertiary/aromatic N) is 3. The van der Waals surface area contributed by atoms with Crippen molar-refractivity contribution in [2.24, 2.45) is 0 Å². The van der Waals surface area contributed by atoms with Gasteiger partial charge in [-0.3, -0.25) is 0 Å². The molecule has 2 heterocycles. The molecule has 1 unspecified atom stereocenters. The number of anilines is 1. The predicted octanol–water partition coefficient (Wildman–Crippen LogP) is 3.58. The molecule has 148 valence electrons. The Hall–Kier alpha value is -2.35. The molecule has 0 saturated carbocycles. The second kappa shape index (κ2) is 8.34. The topological polar surface area (TPSA) is 86.2 Å². The van der Waals surface area contributed by atoms with Gasteiger partial charge < -0.3 is 15.6 Å². The highest BCUT2D eigenvalue weighted by molar-refractivity contribution is 7.80. The lowest BCUT2D eigenvalue weighted by Crippen LogP contribution is -2.25. The molecule has 3 N–H and O–H groups in total. The summed E-state index contributed by atoms with van der Waals surface area (Å²) in [4.78, 5) is 5.24. The van der Waals surface area contributed by atoms with Gasteiger partial charge in [0.25, 0.3) is 0 Å². The summed E-state index contributed by atoms with van der Waals surface area (Å²) in [6.07, 6.45) is 3.66. The largest absolute Gasteiger partial charge is 0.398 e. The van der Waals surface area contributed by atoms with Gasteiger partial charge in [0.1, 0.15) is 0 Å². The molecule has 0 bridgehead atoms. The van der Waals surface area contributed by atoms with Gasteiger partial charge in [-0.15, -0.1) is 12.6 Å². The first kappa shape index (κ1) is 20.4. The van der Waals surface area contributed by atoms with E-state index in [0.717, 1.165) is 27.5 Å². The summed E-state index contributed by atoms with van der Waals surface area (Å²) >= 11 is 4.40. The molecule has 0 saturated heterocycles. The number of nitrogens with two attached hydrogens (primary N) is 1. The van der Waals surface area contributed by atoms with Crippen LogP contribution in [0.1, 0.15) is 43.5 Å². The second-order valence-electron chi connectivity index (χ2n) is 7.55. The van der Waals surface area contributed by atoms with Crippen molar-refractivity contribution in [2.75, 3.05) is 12.3 Å². The quantitative estimate of drug-likeness (QED) is 0.418. The molecule has 0 aliphatic rings. The van der Waals surface area contributed by atoms with Crippen molar-refractivity contribution in [3.8, 4) is 5.82 Å². The Kier molecular flexibility index (Phi) is 6.07. The van der Waals surface area contributed by atoms with E-state index in [9.17, 15) is 5.11 Å². The van der Waals surface area contributed by atoms with Crippen LogP contribution in [0.15, 0.2) is 53.7 Å². The van der Waals surface area contributed by atoms with Crippen LogP contribution in [-0.2, 0) is 11.3 Å². The number of pyridine rings is 1. The van der Waals surface area contributed by atoms with Crippen LogP contribution in [0.4, 0.5) is 5.69 Å². The zero-order chi connectivity index (χ0) is 20.3. The zero-order valence-electron chi connectivity index (χ0n) is 16.3. The van der Waals surface area contributed by atoms with Gasteiger partial charge in [-0.25, -0.2) is 9.67 Å². The maximum absolute atomic E-state index is 9.68. The molecule has 28 heavy (non-hydrogen) atoms. The Morgan fingerprint density at radius 3 is 2.68 bits per heavy atom. The van der Waals surface area contributed by atoms with Crippen LogP contribution in [0.5, 0.6) is 0 Å². The summed E-state index contributed by atoms with van der Waals surface area (Å²) in [7, 11) is 0. The number of hydrogen-bond donors (Lipinski definition) is 3. The average Bonchev–Trinajstić information content (AvgIpc) is 3.13. The van der Waals surface area contributed by atoms with Crippen molar-refractivity contribution in [3.63, 3.8) is 0 Å². The number of nitrogen functional groups attached to an aromatic ring is 1. The minimum Gasteiger partial charge on any atom is -0.398 e. The van der Waals surface area contributed by atoms with Crippen LogP contribution < -0.4 is 5.73 Å². The Labute approximate surface area is 170 Å². The van der Waals surface area contributed by atoms with E-state index in [2.05, 4.69) is 29.6 Å². The molecule has 0 amide bonds. The zero-order valence-corrected chi connectivity index (χ0v) is 17.2. The molecule has 6 nitrogen and oxygen atoms in total. The number of rotatable bonds is 7. The summed E-state index contributed by atoms with van der Waals surface area (Å²) in [5.41, 5.74) is 8.66. The van der Waals surface area contributed by atoms with E-state index < -0.39 is 5.60 Å². The van der Waals surface area contributed by atoms with Crippen LogP contribution in [0.3, 0.4) is 0 Å². The van der Waals surface area contributed by atoms with Gasteiger partial charge in [0, 0.05) is 28.9 Å². The van der Waals surface area contributed by atoms with Crippen LogP contribution in [0, 0.1) is 0 Å². The van der Waals surface area contributed by atoms with E-state index in [0.29, 0.717) is 12.3 Å². The summed E-state index contributed by atoms with van der Waals surface area (Å²) in [6, 6.07) is 11.7. The Morgan fingerprint density at radius 2 is 2.04 bits per heavy atom. The Balaban J connectivity index is 1.68. The lowest BCUT2D eigenvalue weighted by molar-refractivity contribution is -0.0269. The fraction of sp³-hybridized carbons (Fsp3) is 0.333. The van der Waals surface area contributed by atoms with E-state index in [-0.39, 0.29) is 12.5 Å². The summed E-state index contributed by atoms with van der Waals surface area (Å²) in [5.74, 6) is 0.846. The number of ether oxygens (including phenoxy) is 1. The van der Waals surface area contributed by atoms with Crippen molar-refractivity contribution in [1.29, 1.82) is 0 Å². The number of aliphatic hydroxyl groups is 1. The molecule has 7 heteroatoms. The first-order chi connectivity index (χ1) is 13.2. The molecule has 1 atom stereocenters. The van der Waals surface area contributed by atoms with Gasteiger partial charge in [-0.1, -0.05) is 19.1 Å². The number of thiol groups is 1. The SMILES string of the molecule is CC(c1ccc(N)c(S)c1)c1ccn(-c2ccc(COCC(C)(C)O)cn2)n1. The Morgan fingerprint density at radius 1 is 1.25 bits per heavy atom. The van der Waals surface area contributed by atoms with Crippen molar-refractivity contribution >= 4 is 18.3 Å². The van der Waals surface area contributed by atoms with Crippen molar-refractivity contribution < 1.29 is 9.84 Å². The minimum absolute atomic E-state index is 0.113. The molecule has 0 fully saturated rings. The first-order valence-corrected chi connectivity index (χ1v) is 9.57. The maximum Gasteiger partial charge on any atom is 0.153 e. The average molecular weight is 399 g/mol. The lowest BCUT2D eigenvalue weighted by Gasteiger charge is -2.16. The fourth-order valence-electron chi connectivity index (χ4n) is 2.75. The summed E-state index contributed by atoms with van der Waals surface area (Å²) in [5, 5.41) is 14.4. The maximum atomic E-state index is 9.68. The fourth-order valence-corrected chi connectivity index (χ4v) is 2.98. The molecule has 1 aromatic carbocycles. The van der Waals surface area contributed by atoms with Crippen molar-refractivity contribution in [1.82, 2.24) is 14.8 Å². The van der Waals surface area contributed by atoms with Crippen molar-refractivity contribution in [3.05, 3.63) is 65.6 Å². The van der Waals surface area contributed by atoms with E-state index in [1.165, 1.54) is 0 Å². The van der Waals surface area contributed by atoms with E-state index in [1.54, 1.807) is 24.7 Å². The molecule has 0 radical (unpaired) electrons. The van der Waals surface area contributed by atoms with Crippen LogP contribution in [-0.4, -0.2) is 32.1 Å².